The van der Waals surface area contributed by atoms with Gasteiger partial charge in [0.2, 0.25) is 0 Å². The fourth-order valence-corrected chi connectivity index (χ4v) is 4.75. The van der Waals surface area contributed by atoms with E-state index < -0.39 is 0 Å². The van der Waals surface area contributed by atoms with Crippen molar-refractivity contribution in [3.05, 3.63) is 99.9 Å². The first-order valence-corrected chi connectivity index (χ1v) is 12.4. The van der Waals surface area contributed by atoms with E-state index in [4.69, 9.17) is 0 Å². The topological polar surface area (TPSA) is 67.2 Å². The van der Waals surface area contributed by atoms with Gasteiger partial charge >= 0.3 is 0 Å². The summed E-state index contributed by atoms with van der Waals surface area (Å²) in [5, 5.41) is 3.92. The van der Waals surface area contributed by atoms with Crippen LogP contribution in [0.5, 0.6) is 0 Å². The molecule has 0 unspecified atom stereocenters. The Morgan fingerprint density at radius 2 is 1.86 bits per heavy atom. The first-order chi connectivity index (χ1) is 16.8. The molecule has 2 aromatic heterocycles. The number of carbonyl (C=O) groups is 2. The van der Waals surface area contributed by atoms with Crippen LogP contribution in [0.15, 0.2) is 77.4 Å². The van der Waals surface area contributed by atoms with Gasteiger partial charge in [0.15, 0.2) is 0 Å². The zero-order valence-electron chi connectivity index (χ0n) is 20.2. The molecule has 0 saturated carbocycles. The molecule has 6 nitrogen and oxygen atoms in total. The zero-order valence-corrected chi connectivity index (χ0v) is 21.7. The van der Waals surface area contributed by atoms with Gasteiger partial charge in [-0.25, -0.2) is 0 Å². The molecule has 0 fully saturated rings. The summed E-state index contributed by atoms with van der Waals surface area (Å²) in [5.74, 6) is -0.216. The van der Waals surface area contributed by atoms with E-state index in [-0.39, 0.29) is 17.9 Å². The lowest BCUT2D eigenvalue weighted by Gasteiger charge is -2.29. The average Bonchev–Trinajstić information content (AvgIpc) is 3.28. The summed E-state index contributed by atoms with van der Waals surface area (Å²) in [7, 11) is 3.68. The summed E-state index contributed by atoms with van der Waals surface area (Å²) in [6.07, 6.45) is 3.14. The first kappa shape index (κ1) is 24.7. The van der Waals surface area contributed by atoms with Gasteiger partial charge < -0.3 is 14.8 Å². The van der Waals surface area contributed by atoms with Gasteiger partial charge in [0.25, 0.3) is 11.8 Å². The van der Waals surface area contributed by atoms with Crippen molar-refractivity contribution in [3.8, 4) is 0 Å². The molecule has 1 atom stereocenters. The largest absolute Gasteiger partial charge is 0.351 e. The van der Waals surface area contributed by atoms with E-state index >= 15 is 0 Å². The number of likely N-dealkylation sites (N-methyl/N-ethyl adjacent to an activating group) is 1. The molecule has 2 amide bonds. The van der Waals surface area contributed by atoms with Crippen molar-refractivity contribution < 1.29 is 9.59 Å². The minimum atomic E-state index is -0.123. The lowest BCUT2D eigenvalue weighted by atomic mass is 10.0. The lowest BCUT2D eigenvalue weighted by molar-refractivity contribution is 0.0724. The van der Waals surface area contributed by atoms with Crippen LogP contribution in [0.3, 0.4) is 0 Å². The van der Waals surface area contributed by atoms with Crippen LogP contribution in [0.25, 0.3) is 10.9 Å². The summed E-state index contributed by atoms with van der Waals surface area (Å²) < 4.78 is 2.63. The van der Waals surface area contributed by atoms with Crippen LogP contribution in [-0.2, 0) is 13.5 Å². The molecule has 35 heavy (non-hydrogen) atoms. The fraction of sp³-hybridized carbons (Fsp3) is 0.250. The van der Waals surface area contributed by atoms with Gasteiger partial charge in [-0.15, -0.1) is 0 Å². The molecule has 0 aliphatic rings. The maximum absolute atomic E-state index is 13.8. The Kier molecular flexibility index (Phi) is 7.66. The SMILES string of the molecule is Cc1ccc2cc(Br)cc(C(=O)N(C)[C@H](CCNC(=O)c3cccn3C)Cc3ccccc3)c2n1. The highest BCUT2D eigenvalue weighted by atomic mass is 79.9. The van der Waals surface area contributed by atoms with E-state index in [1.807, 2.05) is 75.7 Å². The third kappa shape index (κ3) is 5.80. The zero-order chi connectivity index (χ0) is 24.9. The molecule has 2 aromatic carbocycles. The van der Waals surface area contributed by atoms with Gasteiger partial charge in [-0.2, -0.15) is 0 Å². The molecule has 0 radical (unpaired) electrons. The predicted molar refractivity (Wildman–Crippen MR) is 143 cm³/mol. The molecule has 0 saturated heterocycles. The fourth-order valence-electron chi connectivity index (χ4n) is 4.27. The van der Waals surface area contributed by atoms with E-state index in [9.17, 15) is 9.59 Å². The van der Waals surface area contributed by atoms with Gasteiger partial charge in [-0.1, -0.05) is 52.3 Å². The molecule has 0 spiro atoms. The highest BCUT2D eigenvalue weighted by molar-refractivity contribution is 9.10. The van der Waals surface area contributed by atoms with Crippen LogP contribution in [0, 0.1) is 6.92 Å². The second kappa shape index (κ2) is 10.9. The number of nitrogens with zero attached hydrogens (tertiary/aromatic N) is 3. The van der Waals surface area contributed by atoms with Crippen LogP contribution in [0.2, 0.25) is 0 Å². The van der Waals surface area contributed by atoms with Crippen LogP contribution in [0.4, 0.5) is 0 Å². The van der Waals surface area contributed by atoms with E-state index in [0.717, 1.165) is 21.1 Å². The number of benzene rings is 2. The van der Waals surface area contributed by atoms with Crippen molar-refractivity contribution in [3.63, 3.8) is 0 Å². The van der Waals surface area contributed by atoms with Crippen molar-refractivity contribution in [1.82, 2.24) is 19.8 Å². The number of aryl methyl sites for hydroxylation is 2. The molecule has 4 rings (SSSR count). The molecular weight excluding hydrogens is 504 g/mol. The number of pyridine rings is 1. The van der Waals surface area contributed by atoms with Crippen LogP contribution >= 0.6 is 15.9 Å². The first-order valence-electron chi connectivity index (χ1n) is 11.6. The number of hydrogen-bond acceptors (Lipinski definition) is 3. The molecule has 7 heteroatoms. The van der Waals surface area contributed by atoms with Gasteiger partial charge in [-0.3, -0.25) is 14.6 Å². The number of amides is 2. The molecular formula is C28H29BrN4O2. The molecule has 180 valence electrons. The maximum atomic E-state index is 13.8. The summed E-state index contributed by atoms with van der Waals surface area (Å²) in [6.45, 7) is 2.38. The molecule has 0 bridgehead atoms. The highest BCUT2D eigenvalue weighted by Gasteiger charge is 2.24. The number of fused-ring (bicyclic) bond motifs is 1. The summed E-state index contributed by atoms with van der Waals surface area (Å²) >= 11 is 3.54. The summed E-state index contributed by atoms with van der Waals surface area (Å²) in [6, 6.07) is 21.4. The van der Waals surface area contributed by atoms with Crippen LogP contribution in [-0.4, -0.2) is 45.9 Å². The quantitative estimate of drug-likeness (QED) is 0.341. The van der Waals surface area contributed by atoms with Crippen LogP contribution < -0.4 is 5.32 Å². The number of carbonyl (C=O) groups excluding carboxylic acids is 2. The average molecular weight is 533 g/mol. The van der Waals surface area contributed by atoms with Gasteiger partial charge in [0.05, 0.1) is 11.1 Å². The van der Waals surface area contributed by atoms with Crippen molar-refractivity contribution in [2.45, 2.75) is 25.8 Å². The Morgan fingerprint density at radius 3 is 2.57 bits per heavy atom. The smallest absolute Gasteiger partial charge is 0.267 e. The monoisotopic (exact) mass is 532 g/mol. The number of halogens is 1. The van der Waals surface area contributed by atoms with Gasteiger partial charge in [0.1, 0.15) is 5.69 Å². The molecule has 4 aromatic rings. The van der Waals surface area contributed by atoms with E-state index in [1.165, 1.54) is 0 Å². The van der Waals surface area contributed by atoms with Crippen molar-refractivity contribution in [1.29, 1.82) is 0 Å². The standard InChI is InChI=1S/C28H29BrN4O2/c1-19-11-12-21-17-22(29)18-24(26(21)31-19)28(35)33(3)23(16-20-8-5-4-6-9-20)13-14-30-27(34)25-10-7-15-32(25)2/h4-12,15,17-18,23H,13-14,16H2,1-3H3,(H,30,34)/t23-/m1/s1. The second-order valence-electron chi connectivity index (χ2n) is 8.79. The van der Waals surface area contributed by atoms with Crippen LogP contribution in [0.1, 0.15) is 38.5 Å². The Morgan fingerprint density at radius 1 is 1.09 bits per heavy atom. The Labute approximate surface area is 214 Å². The summed E-state index contributed by atoms with van der Waals surface area (Å²) in [4.78, 5) is 32.8. The lowest BCUT2D eigenvalue weighted by Crippen LogP contribution is -2.41. The molecule has 0 aliphatic heterocycles. The van der Waals surface area contributed by atoms with Crippen molar-refractivity contribution in [2.75, 3.05) is 13.6 Å². The van der Waals surface area contributed by atoms with E-state index in [1.54, 1.807) is 15.5 Å². The van der Waals surface area contributed by atoms with Gasteiger partial charge in [-0.05, 0) is 55.7 Å². The summed E-state index contributed by atoms with van der Waals surface area (Å²) in [5.41, 5.74) is 3.86. The van der Waals surface area contributed by atoms with Crippen molar-refractivity contribution in [2.24, 2.45) is 7.05 Å². The second-order valence-corrected chi connectivity index (χ2v) is 9.70. The Balaban J connectivity index is 1.57. The number of hydrogen-bond donors (Lipinski definition) is 1. The molecule has 2 heterocycles. The number of aromatic nitrogens is 2. The predicted octanol–water partition coefficient (Wildman–Crippen LogP) is 5.15. The normalized spacial score (nSPS) is 11.9. The van der Waals surface area contributed by atoms with E-state index in [0.29, 0.717) is 36.2 Å². The van der Waals surface area contributed by atoms with Gasteiger partial charge in [0, 0.05) is 48.4 Å². The molecule has 0 aliphatic carbocycles. The maximum Gasteiger partial charge on any atom is 0.267 e. The third-order valence-corrected chi connectivity index (χ3v) is 6.71. The van der Waals surface area contributed by atoms with E-state index in [2.05, 4.69) is 38.4 Å². The van der Waals surface area contributed by atoms with Crippen molar-refractivity contribution >= 4 is 38.6 Å². The number of rotatable bonds is 8. The molecule has 1 N–H and O–H groups in total. The number of nitrogens with one attached hydrogen (secondary N) is 1. The third-order valence-electron chi connectivity index (χ3n) is 6.25. The Bertz CT molecular complexity index is 1350. The minimum Gasteiger partial charge on any atom is -0.351 e. The highest BCUT2D eigenvalue weighted by Crippen LogP contribution is 2.25. The minimum absolute atomic E-state index is 0.0934. The Hall–Kier alpha value is -3.45.